The van der Waals surface area contributed by atoms with Gasteiger partial charge in [-0.1, -0.05) is 84.9 Å². The van der Waals surface area contributed by atoms with Crippen LogP contribution in [0.25, 0.3) is 11.1 Å². The van der Waals surface area contributed by atoms with E-state index in [9.17, 15) is 23.2 Å². The lowest BCUT2D eigenvalue weighted by Crippen LogP contribution is -2.25. The number of ether oxygens (including phenoxy) is 2. The van der Waals surface area contributed by atoms with Crippen molar-refractivity contribution in [2.45, 2.75) is 25.2 Å². The number of nitrogens with one attached hydrogen (secondary N) is 2. The fraction of sp³-hybridized carbons (Fsp3) is 0.139. The average molecular weight is 613 g/mol. The fourth-order valence-corrected chi connectivity index (χ4v) is 4.87. The summed E-state index contributed by atoms with van der Waals surface area (Å²) in [6, 6.07) is 36.9. The maximum absolute atomic E-state index is 12.8. The summed E-state index contributed by atoms with van der Waals surface area (Å²) in [6.07, 6.45) is -3.95. The molecule has 0 aliphatic carbocycles. The summed E-state index contributed by atoms with van der Waals surface area (Å²) >= 11 is 0. The number of rotatable bonds is 12. The third kappa shape index (κ3) is 8.95. The molecule has 0 fully saturated rings. The van der Waals surface area contributed by atoms with Crippen molar-refractivity contribution in [2.75, 3.05) is 6.54 Å². The first-order valence-corrected chi connectivity index (χ1v) is 14.3. The minimum Gasteiger partial charge on any atom is -0.457 e. The molecule has 6 nitrogen and oxygen atoms in total. The number of benzene rings is 5. The largest absolute Gasteiger partial charge is 0.573 e. The zero-order chi connectivity index (χ0) is 31.6. The lowest BCUT2D eigenvalue weighted by molar-refractivity contribution is -0.275. The number of para-hydroxylation sites is 2. The molecule has 0 heterocycles. The van der Waals surface area contributed by atoms with E-state index in [0.717, 1.165) is 33.8 Å². The number of amides is 1. The molecule has 0 spiro atoms. The van der Waals surface area contributed by atoms with Crippen molar-refractivity contribution in [3.63, 3.8) is 0 Å². The molecular formula is C36H31F3N2O4. The summed E-state index contributed by atoms with van der Waals surface area (Å²) < 4.78 is 48.5. The zero-order valence-corrected chi connectivity index (χ0v) is 24.1. The third-order valence-corrected chi connectivity index (χ3v) is 7.15. The number of hydrogen-bond acceptors (Lipinski definition) is 5. The van der Waals surface area contributed by atoms with Gasteiger partial charge in [-0.15, -0.1) is 13.2 Å². The van der Waals surface area contributed by atoms with Gasteiger partial charge in [0.25, 0.3) is 5.91 Å². The molecular weight excluding hydrogens is 581 g/mol. The van der Waals surface area contributed by atoms with Gasteiger partial charge in [0.1, 0.15) is 17.2 Å². The Labute approximate surface area is 259 Å². The van der Waals surface area contributed by atoms with E-state index in [1.807, 2.05) is 91.0 Å². The highest BCUT2D eigenvalue weighted by atomic mass is 19.4. The van der Waals surface area contributed by atoms with Crippen LogP contribution in [0.2, 0.25) is 0 Å². The minimum atomic E-state index is -4.85. The molecule has 0 aliphatic heterocycles. The second kappa shape index (κ2) is 14.6. The fourth-order valence-electron chi connectivity index (χ4n) is 4.87. The molecule has 1 amide bonds. The van der Waals surface area contributed by atoms with Gasteiger partial charge in [-0.3, -0.25) is 4.79 Å². The van der Waals surface area contributed by atoms with Crippen molar-refractivity contribution in [3.05, 3.63) is 150 Å². The Morgan fingerprint density at radius 1 is 0.711 bits per heavy atom. The Morgan fingerprint density at radius 3 is 1.93 bits per heavy atom. The first-order chi connectivity index (χ1) is 21.8. The predicted molar refractivity (Wildman–Crippen MR) is 165 cm³/mol. The molecule has 0 bridgehead atoms. The minimum absolute atomic E-state index is 0.168. The van der Waals surface area contributed by atoms with Crippen LogP contribution in [0.1, 0.15) is 33.1 Å². The van der Waals surface area contributed by atoms with E-state index in [4.69, 9.17) is 4.74 Å². The summed E-state index contributed by atoms with van der Waals surface area (Å²) in [6.45, 7) is 0.484. The standard InChI is InChI=1S/C36H31F3N2O4/c37-36(38,39)45-34-9-5-4-8-32(34)33(41-43)24-26-10-14-27(15-11-26)28-16-18-29(19-17-28)35(42)40-23-22-25-12-20-31(21-13-25)44-30-6-2-1-3-7-30/h1-21,33,41,43H,22-24H2,(H,40,42). The van der Waals surface area contributed by atoms with E-state index < -0.39 is 12.4 Å². The van der Waals surface area contributed by atoms with Crippen LogP contribution >= 0.6 is 0 Å². The monoisotopic (exact) mass is 612 g/mol. The van der Waals surface area contributed by atoms with Gasteiger partial charge in [-0.05, 0) is 77.6 Å². The maximum atomic E-state index is 12.8. The third-order valence-electron chi connectivity index (χ3n) is 7.15. The van der Waals surface area contributed by atoms with Gasteiger partial charge in [0.2, 0.25) is 0 Å². The molecule has 0 radical (unpaired) electrons. The zero-order valence-electron chi connectivity index (χ0n) is 24.1. The number of halogens is 3. The van der Waals surface area contributed by atoms with Crippen LogP contribution in [0.4, 0.5) is 13.2 Å². The van der Waals surface area contributed by atoms with Gasteiger partial charge in [0, 0.05) is 17.7 Å². The molecule has 0 saturated heterocycles. The number of hydroxylamine groups is 1. The summed E-state index contributed by atoms with van der Waals surface area (Å²) in [5, 5.41) is 12.7. The van der Waals surface area contributed by atoms with Crippen molar-refractivity contribution in [2.24, 2.45) is 0 Å². The number of hydrogen-bond donors (Lipinski definition) is 3. The van der Waals surface area contributed by atoms with Crippen molar-refractivity contribution < 1.29 is 32.6 Å². The van der Waals surface area contributed by atoms with Gasteiger partial charge in [0.05, 0.1) is 6.04 Å². The Bertz CT molecular complexity index is 1680. The van der Waals surface area contributed by atoms with E-state index in [1.165, 1.54) is 18.2 Å². The van der Waals surface area contributed by atoms with E-state index in [2.05, 4.69) is 15.5 Å². The van der Waals surface area contributed by atoms with Gasteiger partial charge >= 0.3 is 6.36 Å². The summed E-state index contributed by atoms with van der Waals surface area (Å²) in [7, 11) is 0. The molecule has 0 aromatic heterocycles. The van der Waals surface area contributed by atoms with Crippen molar-refractivity contribution in [1.82, 2.24) is 10.8 Å². The first-order valence-electron chi connectivity index (χ1n) is 14.3. The van der Waals surface area contributed by atoms with E-state index in [1.54, 1.807) is 18.2 Å². The van der Waals surface area contributed by atoms with Gasteiger partial charge in [-0.2, -0.15) is 5.48 Å². The van der Waals surface area contributed by atoms with Crippen molar-refractivity contribution in [1.29, 1.82) is 0 Å². The summed E-state index contributed by atoms with van der Waals surface area (Å²) in [4.78, 5) is 12.7. The average Bonchev–Trinajstić information content (AvgIpc) is 3.05. The molecule has 45 heavy (non-hydrogen) atoms. The van der Waals surface area contributed by atoms with Crippen LogP contribution in [0.5, 0.6) is 17.2 Å². The smallest absolute Gasteiger partial charge is 0.457 e. The van der Waals surface area contributed by atoms with Crippen molar-refractivity contribution >= 4 is 5.91 Å². The second-order valence-electron chi connectivity index (χ2n) is 10.3. The van der Waals surface area contributed by atoms with Gasteiger partial charge < -0.3 is 20.0 Å². The number of alkyl halides is 3. The summed E-state index contributed by atoms with van der Waals surface area (Å²) in [5.74, 6) is 0.975. The van der Waals surface area contributed by atoms with Crippen LogP contribution in [0.15, 0.2) is 127 Å². The van der Waals surface area contributed by atoms with Gasteiger partial charge in [0.15, 0.2) is 0 Å². The highest BCUT2D eigenvalue weighted by Crippen LogP contribution is 2.32. The molecule has 230 valence electrons. The van der Waals surface area contributed by atoms with E-state index in [0.29, 0.717) is 18.5 Å². The van der Waals surface area contributed by atoms with E-state index in [-0.39, 0.29) is 23.6 Å². The van der Waals surface area contributed by atoms with Crippen LogP contribution < -0.4 is 20.3 Å². The maximum Gasteiger partial charge on any atom is 0.573 e. The highest BCUT2D eigenvalue weighted by molar-refractivity contribution is 5.94. The topological polar surface area (TPSA) is 79.8 Å². The Morgan fingerprint density at radius 2 is 1.29 bits per heavy atom. The quantitative estimate of drug-likeness (QED) is 0.124. The van der Waals surface area contributed by atoms with Crippen LogP contribution in [0, 0.1) is 0 Å². The predicted octanol–water partition coefficient (Wildman–Crippen LogP) is 8.28. The molecule has 9 heteroatoms. The molecule has 5 rings (SSSR count). The highest BCUT2D eigenvalue weighted by Gasteiger charge is 2.33. The molecule has 3 N–H and O–H groups in total. The van der Waals surface area contributed by atoms with E-state index >= 15 is 0 Å². The molecule has 5 aromatic rings. The Balaban J connectivity index is 1.13. The molecule has 5 aromatic carbocycles. The first kappa shape index (κ1) is 31.3. The van der Waals surface area contributed by atoms with Crippen molar-refractivity contribution in [3.8, 4) is 28.4 Å². The second-order valence-corrected chi connectivity index (χ2v) is 10.3. The Kier molecular flexibility index (Phi) is 10.1. The summed E-state index contributed by atoms with van der Waals surface area (Å²) in [5.41, 5.74) is 6.50. The molecule has 0 saturated carbocycles. The van der Waals surface area contributed by atoms with Crippen LogP contribution in [-0.2, 0) is 12.8 Å². The molecule has 0 aliphatic rings. The van der Waals surface area contributed by atoms with Crippen LogP contribution in [-0.4, -0.2) is 24.0 Å². The Hall–Kier alpha value is -5.12. The lowest BCUT2D eigenvalue weighted by Gasteiger charge is -2.20. The number of carbonyl (C=O) groups is 1. The SMILES string of the molecule is O=C(NCCc1ccc(Oc2ccccc2)cc1)c1ccc(-c2ccc(CC(NO)c3ccccc3OC(F)(F)F)cc2)cc1. The van der Waals surface area contributed by atoms with Crippen LogP contribution in [0.3, 0.4) is 0 Å². The van der Waals surface area contributed by atoms with Gasteiger partial charge in [-0.25, -0.2) is 0 Å². The lowest BCUT2D eigenvalue weighted by atomic mass is 9.96. The molecule has 1 unspecified atom stereocenters. The molecule has 1 atom stereocenters. The number of carbonyl (C=O) groups excluding carboxylic acids is 1. The normalized spacial score (nSPS) is 11.9.